The lowest BCUT2D eigenvalue weighted by atomic mass is 10.3. The van der Waals surface area contributed by atoms with Crippen molar-refractivity contribution in [1.29, 1.82) is 0 Å². The van der Waals surface area contributed by atoms with E-state index in [4.69, 9.17) is 0 Å². The van der Waals surface area contributed by atoms with E-state index in [1.54, 1.807) is 24.5 Å². The minimum Gasteiger partial charge on any atom is -0.346 e. The number of carbonyl (C=O) groups excluding carboxylic acids is 1. The van der Waals surface area contributed by atoms with Gasteiger partial charge in [-0.25, -0.2) is 4.98 Å². The fourth-order valence-corrected chi connectivity index (χ4v) is 3.52. The van der Waals surface area contributed by atoms with Crippen molar-refractivity contribution in [3.05, 3.63) is 75.3 Å². The molecule has 0 unspecified atom stereocenters. The van der Waals surface area contributed by atoms with E-state index in [9.17, 15) is 9.59 Å². The fourth-order valence-electron chi connectivity index (χ4n) is 2.58. The standard InChI is InChI=1S/C18H14N4O2S/c1-11-5-6-15-21-17-13(18(24)22(15)10-11)8-14(25-17)16(23)20-9-12-4-2-3-7-19-12/h2-8,10H,9H2,1H3,(H,20,23). The summed E-state index contributed by atoms with van der Waals surface area (Å²) in [5.74, 6) is -0.238. The molecule has 1 N–H and O–H groups in total. The van der Waals surface area contributed by atoms with E-state index in [2.05, 4.69) is 15.3 Å². The van der Waals surface area contributed by atoms with Crippen LogP contribution in [0.1, 0.15) is 20.9 Å². The molecule has 0 aromatic carbocycles. The molecular weight excluding hydrogens is 336 g/mol. The van der Waals surface area contributed by atoms with Crippen LogP contribution in [0.5, 0.6) is 0 Å². The third-order valence-electron chi connectivity index (χ3n) is 3.83. The van der Waals surface area contributed by atoms with Crippen molar-refractivity contribution in [3.63, 3.8) is 0 Å². The van der Waals surface area contributed by atoms with Crippen LogP contribution in [0.25, 0.3) is 15.9 Å². The second-order valence-corrected chi connectivity index (χ2v) is 6.72. The van der Waals surface area contributed by atoms with Crippen LogP contribution in [0.2, 0.25) is 0 Å². The number of aryl methyl sites for hydroxylation is 1. The molecule has 6 nitrogen and oxygen atoms in total. The summed E-state index contributed by atoms with van der Waals surface area (Å²) in [5, 5.41) is 3.27. The second kappa shape index (κ2) is 6.10. The summed E-state index contributed by atoms with van der Waals surface area (Å²) in [5.41, 5.74) is 2.16. The molecule has 0 radical (unpaired) electrons. The number of fused-ring (bicyclic) bond motifs is 2. The van der Waals surface area contributed by atoms with Gasteiger partial charge in [0.25, 0.3) is 11.5 Å². The highest BCUT2D eigenvalue weighted by atomic mass is 32.1. The van der Waals surface area contributed by atoms with Gasteiger partial charge in [-0.1, -0.05) is 12.1 Å². The number of thiophene rings is 1. The summed E-state index contributed by atoms with van der Waals surface area (Å²) in [6.07, 6.45) is 3.43. The van der Waals surface area contributed by atoms with E-state index >= 15 is 0 Å². The fraction of sp³-hybridized carbons (Fsp3) is 0.111. The quantitative estimate of drug-likeness (QED) is 0.616. The lowest BCUT2D eigenvalue weighted by molar-refractivity contribution is 0.0954. The van der Waals surface area contributed by atoms with E-state index in [-0.39, 0.29) is 11.5 Å². The third kappa shape index (κ3) is 2.89. The lowest BCUT2D eigenvalue weighted by Gasteiger charge is -2.02. The first-order chi connectivity index (χ1) is 12.1. The van der Waals surface area contributed by atoms with E-state index in [0.717, 1.165) is 11.3 Å². The maximum atomic E-state index is 12.6. The Bertz CT molecular complexity index is 1150. The highest BCUT2D eigenvalue weighted by molar-refractivity contribution is 7.20. The van der Waals surface area contributed by atoms with Crippen molar-refractivity contribution >= 4 is 33.1 Å². The minimum absolute atomic E-state index is 0.163. The van der Waals surface area contributed by atoms with Crippen LogP contribution in [0.4, 0.5) is 0 Å². The highest BCUT2D eigenvalue weighted by Gasteiger charge is 2.14. The molecule has 7 heteroatoms. The molecule has 0 aliphatic heterocycles. The van der Waals surface area contributed by atoms with Crippen molar-refractivity contribution in [2.45, 2.75) is 13.5 Å². The van der Waals surface area contributed by atoms with Crippen molar-refractivity contribution in [1.82, 2.24) is 19.7 Å². The van der Waals surface area contributed by atoms with Crippen molar-refractivity contribution < 1.29 is 4.79 Å². The summed E-state index contributed by atoms with van der Waals surface area (Å²) in [4.78, 5) is 34.7. The van der Waals surface area contributed by atoms with Gasteiger partial charge in [-0.05, 0) is 36.8 Å². The Morgan fingerprint density at radius 2 is 2.16 bits per heavy atom. The molecule has 25 heavy (non-hydrogen) atoms. The Balaban J connectivity index is 1.69. The van der Waals surface area contributed by atoms with Crippen LogP contribution in [-0.4, -0.2) is 20.3 Å². The predicted molar refractivity (Wildman–Crippen MR) is 97.0 cm³/mol. The zero-order chi connectivity index (χ0) is 17.4. The van der Waals surface area contributed by atoms with E-state index in [1.807, 2.05) is 31.2 Å². The molecular formula is C18H14N4O2S. The number of nitrogens with one attached hydrogen (secondary N) is 1. The molecule has 0 fully saturated rings. The Kier molecular flexibility index (Phi) is 3.77. The average Bonchev–Trinajstić information content (AvgIpc) is 3.06. The topological polar surface area (TPSA) is 76.4 Å². The Labute approximate surface area is 146 Å². The zero-order valence-electron chi connectivity index (χ0n) is 13.4. The van der Waals surface area contributed by atoms with Gasteiger partial charge in [0.05, 0.1) is 22.5 Å². The minimum atomic E-state index is -0.238. The smallest absolute Gasteiger partial charge is 0.266 e. The van der Waals surface area contributed by atoms with Crippen molar-refractivity contribution in [2.75, 3.05) is 0 Å². The molecule has 124 valence electrons. The largest absolute Gasteiger partial charge is 0.346 e. The van der Waals surface area contributed by atoms with Gasteiger partial charge in [0, 0.05) is 12.4 Å². The van der Waals surface area contributed by atoms with Gasteiger partial charge in [-0.3, -0.25) is 19.0 Å². The number of hydrogen-bond donors (Lipinski definition) is 1. The van der Waals surface area contributed by atoms with E-state index < -0.39 is 0 Å². The maximum Gasteiger partial charge on any atom is 0.266 e. The van der Waals surface area contributed by atoms with Gasteiger partial charge in [0.15, 0.2) is 0 Å². The Morgan fingerprint density at radius 1 is 1.28 bits per heavy atom. The second-order valence-electron chi connectivity index (χ2n) is 5.68. The van der Waals surface area contributed by atoms with Crippen LogP contribution >= 0.6 is 11.3 Å². The Morgan fingerprint density at radius 3 is 2.96 bits per heavy atom. The van der Waals surface area contributed by atoms with Gasteiger partial charge in [-0.15, -0.1) is 11.3 Å². The summed E-state index contributed by atoms with van der Waals surface area (Å²) >= 11 is 1.22. The summed E-state index contributed by atoms with van der Waals surface area (Å²) < 4.78 is 1.51. The maximum absolute atomic E-state index is 12.6. The number of hydrogen-bond acceptors (Lipinski definition) is 5. The van der Waals surface area contributed by atoms with Crippen LogP contribution in [0.3, 0.4) is 0 Å². The monoisotopic (exact) mass is 350 g/mol. The van der Waals surface area contributed by atoms with Gasteiger partial charge in [0.1, 0.15) is 10.5 Å². The number of carbonyl (C=O) groups is 1. The zero-order valence-corrected chi connectivity index (χ0v) is 14.2. The summed E-state index contributed by atoms with van der Waals surface area (Å²) in [7, 11) is 0. The SMILES string of the molecule is Cc1ccc2nc3sc(C(=O)NCc4ccccn4)cc3c(=O)n2c1. The molecule has 0 spiro atoms. The van der Waals surface area contributed by atoms with Crippen molar-refractivity contribution in [3.8, 4) is 0 Å². The highest BCUT2D eigenvalue weighted by Crippen LogP contribution is 2.22. The van der Waals surface area contributed by atoms with Gasteiger partial charge >= 0.3 is 0 Å². The molecule has 1 amide bonds. The predicted octanol–water partition coefficient (Wildman–Crippen LogP) is 2.54. The molecule has 0 saturated carbocycles. The van der Waals surface area contributed by atoms with Crippen LogP contribution < -0.4 is 10.9 Å². The molecule has 4 rings (SSSR count). The average molecular weight is 350 g/mol. The molecule has 4 aromatic rings. The summed E-state index contributed by atoms with van der Waals surface area (Å²) in [6, 6.07) is 10.8. The number of nitrogens with zero attached hydrogens (tertiary/aromatic N) is 3. The van der Waals surface area contributed by atoms with Crippen LogP contribution in [0, 0.1) is 6.92 Å². The summed E-state index contributed by atoms with van der Waals surface area (Å²) in [6.45, 7) is 2.25. The number of amides is 1. The molecule has 0 bridgehead atoms. The normalized spacial score (nSPS) is 11.1. The molecule has 0 atom stereocenters. The number of rotatable bonds is 3. The molecule has 0 saturated heterocycles. The molecule has 0 aliphatic rings. The molecule has 4 heterocycles. The molecule has 0 aliphatic carbocycles. The Hall–Kier alpha value is -3.06. The third-order valence-corrected chi connectivity index (χ3v) is 4.86. The van der Waals surface area contributed by atoms with Crippen LogP contribution in [0.15, 0.2) is 53.6 Å². The van der Waals surface area contributed by atoms with Crippen LogP contribution in [-0.2, 0) is 6.54 Å². The molecule has 4 aromatic heterocycles. The first kappa shape index (κ1) is 15.5. The van der Waals surface area contributed by atoms with Gasteiger partial charge < -0.3 is 5.32 Å². The number of pyridine rings is 2. The first-order valence-corrected chi connectivity index (χ1v) is 8.54. The number of aromatic nitrogens is 3. The first-order valence-electron chi connectivity index (χ1n) is 7.72. The van der Waals surface area contributed by atoms with E-state index in [1.165, 1.54) is 15.7 Å². The lowest BCUT2D eigenvalue weighted by Crippen LogP contribution is -2.22. The van der Waals surface area contributed by atoms with Gasteiger partial charge in [0.2, 0.25) is 0 Å². The van der Waals surface area contributed by atoms with E-state index in [0.29, 0.717) is 27.3 Å². The van der Waals surface area contributed by atoms with Gasteiger partial charge in [-0.2, -0.15) is 0 Å². The van der Waals surface area contributed by atoms with Crippen molar-refractivity contribution in [2.24, 2.45) is 0 Å².